The lowest BCUT2D eigenvalue weighted by Gasteiger charge is -2.29. The normalized spacial score (nSPS) is 16.9. The van der Waals surface area contributed by atoms with E-state index in [9.17, 15) is 13.2 Å². The van der Waals surface area contributed by atoms with Crippen LogP contribution in [-0.4, -0.2) is 57.5 Å². The fourth-order valence-corrected chi connectivity index (χ4v) is 5.97. The lowest BCUT2D eigenvalue weighted by atomic mass is 10.1. The average molecular weight is 487 g/mol. The van der Waals surface area contributed by atoms with E-state index in [4.69, 9.17) is 4.74 Å². The third-order valence-electron chi connectivity index (χ3n) is 6.33. The summed E-state index contributed by atoms with van der Waals surface area (Å²) in [5.41, 5.74) is 2.60. The van der Waals surface area contributed by atoms with Gasteiger partial charge in [0.25, 0.3) is 5.91 Å². The predicted molar refractivity (Wildman–Crippen MR) is 138 cm³/mol. The first-order valence-corrected chi connectivity index (χ1v) is 14.1. The molecule has 1 heterocycles. The van der Waals surface area contributed by atoms with Crippen molar-refractivity contribution < 1.29 is 17.9 Å². The van der Waals surface area contributed by atoms with Crippen LogP contribution in [0.3, 0.4) is 0 Å². The van der Waals surface area contributed by atoms with Gasteiger partial charge >= 0.3 is 0 Å². The van der Waals surface area contributed by atoms with Crippen LogP contribution >= 0.6 is 0 Å². The third-order valence-corrected chi connectivity index (χ3v) is 8.08. The third kappa shape index (κ3) is 7.49. The number of unbranched alkanes of at least 4 members (excludes halogenated alkanes) is 4. The van der Waals surface area contributed by atoms with Gasteiger partial charge in [0, 0.05) is 37.9 Å². The van der Waals surface area contributed by atoms with Crippen molar-refractivity contribution in [1.29, 1.82) is 0 Å². The summed E-state index contributed by atoms with van der Waals surface area (Å²) in [5.74, 6) is 0.756. The summed E-state index contributed by atoms with van der Waals surface area (Å²) in [4.78, 5) is 17.2. The first-order valence-electron chi connectivity index (χ1n) is 12.3. The minimum atomic E-state index is -3.11. The molecule has 1 amide bonds. The Morgan fingerprint density at radius 3 is 2.24 bits per heavy atom. The van der Waals surface area contributed by atoms with Crippen LogP contribution < -0.4 is 9.64 Å². The molecule has 1 fully saturated rings. The second-order valence-electron chi connectivity index (χ2n) is 9.34. The summed E-state index contributed by atoms with van der Waals surface area (Å²) in [5, 5.41) is 0. The molecule has 3 rings (SSSR count). The number of hydrogen-bond donors (Lipinski definition) is 0. The topological polar surface area (TPSA) is 66.9 Å². The molecule has 0 N–H and O–H groups in total. The van der Waals surface area contributed by atoms with E-state index in [1.165, 1.54) is 25.7 Å². The van der Waals surface area contributed by atoms with E-state index in [-0.39, 0.29) is 23.5 Å². The highest BCUT2D eigenvalue weighted by molar-refractivity contribution is 7.91. The molecule has 1 aliphatic heterocycles. The maximum atomic E-state index is 13.5. The highest BCUT2D eigenvalue weighted by atomic mass is 32.2. The standard InChI is InChI=1S/C27H38N2O4S/c1-4-5-6-7-8-18-33-26-15-11-23(12-16-26)27(30)29(25-17-19-34(31,32)21-25)20-22-9-13-24(14-10-22)28(2)3/h9-16,25H,4-8,17-21H2,1-3H3/t25-/m0/s1. The van der Waals surface area contributed by atoms with E-state index in [1.54, 1.807) is 17.0 Å². The molecular formula is C27H38N2O4S. The van der Waals surface area contributed by atoms with E-state index >= 15 is 0 Å². The first-order chi connectivity index (χ1) is 16.3. The first kappa shape index (κ1) is 26.1. The summed E-state index contributed by atoms with van der Waals surface area (Å²) >= 11 is 0. The number of hydrogen-bond acceptors (Lipinski definition) is 5. The van der Waals surface area contributed by atoms with Crippen molar-refractivity contribution in [3.63, 3.8) is 0 Å². The largest absolute Gasteiger partial charge is 0.494 e. The van der Waals surface area contributed by atoms with E-state index in [0.29, 0.717) is 25.1 Å². The van der Waals surface area contributed by atoms with Gasteiger partial charge in [0.2, 0.25) is 0 Å². The number of anilines is 1. The van der Waals surface area contributed by atoms with Gasteiger partial charge in [-0.05, 0) is 54.8 Å². The summed E-state index contributed by atoms with van der Waals surface area (Å²) in [6, 6.07) is 14.9. The Bertz CT molecular complexity index is 1020. The number of sulfone groups is 1. The molecule has 1 saturated heterocycles. The van der Waals surface area contributed by atoms with E-state index in [1.807, 2.05) is 55.4 Å². The Balaban J connectivity index is 1.68. The predicted octanol–water partition coefficient (Wildman–Crippen LogP) is 4.93. The zero-order valence-corrected chi connectivity index (χ0v) is 21.5. The maximum Gasteiger partial charge on any atom is 0.254 e. The van der Waals surface area contributed by atoms with Gasteiger partial charge in [-0.25, -0.2) is 8.42 Å². The zero-order valence-electron chi connectivity index (χ0n) is 20.7. The van der Waals surface area contributed by atoms with Crippen molar-refractivity contribution >= 4 is 21.4 Å². The molecule has 6 nitrogen and oxygen atoms in total. The van der Waals surface area contributed by atoms with Crippen LogP contribution in [0.2, 0.25) is 0 Å². The Morgan fingerprint density at radius 1 is 0.971 bits per heavy atom. The van der Waals surface area contributed by atoms with Crippen molar-refractivity contribution in [2.75, 3.05) is 37.1 Å². The summed E-state index contributed by atoms with van der Waals surface area (Å²) in [7, 11) is 0.848. The van der Waals surface area contributed by atoms with Crippen molar-refractivity contribution in [3.05, 3.63) is 59.7 Å². The molecule has 0 bridgehead atoms. The van der Waals surface area contributed by atoms with Crippen molar-refractivity contribution in [1.82, 2.24) is 4.90 Å². The Labute approximate surface area is 204 Å². The molecule has 7 heteroatoms. The molecule has 186 valence electrons. The molecule has 0 saturated carbocycles. The van der Waals surface area contributed by atoms with Gasteiger partial charge in [0.15, 0.2) is 9.84 Å². The summed E-state index contributed by atoms with van der Waals surface area (Å²) < 4.78 is 30.1. The molecule has 34 heavy (non-hydrogen) atoms. The number of carbonyl (C=O) groups excluding carboxylic acids is 1. The van der Waals surface area contributed by atoms with Gasteiger partial charge in [-0.2, -0.15) is 0 Å². The van der Waals surface area contributed by atoms with Crippen LogP contribution in [0.1, 0.15) is 61.4 Å². The number of ether oxygens (including phenoxy) is 1. The van der Waals surface area contributed by atoms with E-state index in [0.717, 1.165) is 23.4 Å². The Kier molecular flexibility index (Phi) is 9.39. The van der Waals surface area contributed by atoms with Gasteiger partial charge in [0.05, 0.1) is 18.1 Å². The Morgan fingerprint density at radius 2 is 1.65 bits per heavy atom. The SMILES string of the molecule is CCCCCCCOc1ccc(C(=O)N(Cc2ccc(N(C)C)cc2)[C@H]2CCS(=O)(=O)C2)cc1. The van der Waals surface area contributed by atoms with Gasteiger partial charge in [0.1, 0.15) is 5.75 Å². The lowest BCUT2D eigenvalue weighted by Crippen LogP contribution is -2.40. The minimum Gasteiger partial charge on any atom is -0.494 e. The number of carbonyl (C=O) groups is 1. The molecule has 0 radical (unpaired) electrons. The van der Waals surface area contributed by atoms with E-state index in [2.05, 4.69) is 6.92 Å². The summed E-state index contributed by atoms with van der Waals surface area (Å²) in [6.07, 6.45) is 6.38. The summed E-state index contributed by atoms with van der Waals surface area (Å²) in [6.45, 7) is 3.25. The van der Waals surface area contributed by atoms with Crippen molar-refractivity contribution in [3.8, 4) is 5.75 Å². The number of amides is 1. The van der Waals surface area contributed by atoms with Gasteiger partial charge < -0.3 is 14.5 Å². The Hall–Kier alpha value is -2.54. The molecule has 0 spiro atoms. The van der Waals surface area contributed by atoms with Crippen LogP contribution in [0, 0.1) is 0 Å². The maximum absolute atomic E-state index is 13.5. The fraction of sp³-hybridized carbons (Fsp3) is 0.519. The molecular weight excluding hydrogens is 448 g/mol. The lowest BCUT2D eigenvalue weighted by molar-refractivity contribution is 0.0681. The highest BCUT2D eigenvalue weighted by Gasteiger charge is 2.35. The molecule has 1 atom stereocenters. The average Bonchev–Trinajstić information content (AvgIpc) is 3.19. The fourth-order valence-electron chi connectivity index (χ4n) is 4.24. The molecule has 0 unspecified atom stereocenters. The molecule has 2 aromatic carbocycles. The van der Waals surface area contributed by atoms with Gasteiger partial charge in [-0.3, -0.25) is 4.79 Å². The highest BCUT2D eigenvalue weighted by Crippen LogP contribution is 2.24. The van der Waals surface area contributed by atoms with Gasteiger partial charge in [-0.15, -0.1) is 0 Å². The number of nitrogens with zero attached hydrogens (tertiary/aromatic N) is 2. The van der Waals surface area contributed by atoms with Crippen LogP contribution in [0.5, 0.6) is 5.75 Å². The second-order valence-corrected chi connectivity index (χ2v) is 11.6. The monoisotopic (exact) mass is 486 g/mol. The van der Waals surface area contributed by atoms with Gasteiger partial charge in [-0.1, -0.05) is 44.7 Å². The molecule has 2 aromatic rings. The quantitative estimate of drug-likeness (QED) is 0.398. The number of rotatable bonds is 12. The van der Waals surface area contributed by atoms with Crippen LogP contribution in [-0.2, 0) is 16.4 Å². The number of benzene rings is 2. The second kappa shape index (κ2) is 12.2. The zero-order chi connectivity index (χ0) is 24.6. The minimum absolute atomic E-state index is 0.0216. The van der Waals surface area contributed by atoms with Crippen molar-refractivity contribution in [2.24, 2.45) is 0 Å². The molecule has 1 aliphatic rings. The molecule has 0 aromatic heterocycles. The van der Waals surface area contributed by atoms with Crippen molar-refractivity contribution in [2.45, 2.75) is 58.0 Å². The van der Waals surface area contributed by atoms with Crippen LogP contribution in [0.25, 0.3) is 0 Å². The van der Waals surface area contributed by atoms with E-state index < -0.39 is 9.84 Å². The van der Waals surface area contributed by atoms with Crippen LogP contribution in [0.15, 0.2) is 48.5 Å². The van der Waals surface area contributed by atoms with Crippen LogP contribution in [0.4, 0.5) is 5.69 Å². The smallest absolute Gasteiger partial charge is 0.254 e. The molecule has 0 aliphatic carbocycles.